The maximum Gasteiger partial charge on any atom is 0.230 e. The Labute approximate surface area is 177 Å². The first kappa shape index (κ1) is 18.9. The van der Waals surface area contributed by atoms with E-state index in [1.165, 1.54) is 25.3 Å². The van der Waals surface area contributed by atoms with Crippen LogP contribution in [0.5, 0.6) is 0 Å². The molecule has 1 saturated carbocycles. The SMILES string of the molecule is Fc1cccc(Cl)c1-c1ncc(-c2ccc(-c3noc(C4CCCCC4)n3)nc2)[nH]1. The van der Waals surface area contributed by atoms with Crippen molar-refractivity contribution in [2.45, 2.75) is 38.0 Å². The number of pyridine rings is 1. The van der Waals surface area contributed by atoms with Crippen molar-refractivity contribution in [1.82, 2.24) is 25.1 Å². The molecule has 0 bridgehead atoms. The molecule has 0 amide bonds. The van der Waals surface area contributed by atoms with Crippen LogP contribution in [-0.4, -0.2) is 25.1 Å². The van der Waals surface area contributed by atoms with Crippen LogP contribution in [0, 0.1) is 5.82 Å². The first-order valence-corrected chi connectivity index (χ1v) is 10.4. The van der Waals surface area contributed by atoms with Gasteiger partial charge in [-0.05, 0) is 37.1 Å². The zero-order chi connectivity index (χ0) is 20.5. The van der Waals surface area contributed by atoms with Crippen LogP contribution in [-0.2, 0) is 0 Å². The fraction of sp³-hybridized carbons (Fsp3) is 0.273. The molecule has 3 heterocycles. The highest BCUT2D eigenvalue weighted by Crippen LogP contribution is 2.33. The molecule has 6 nitrogen and oxygen atoms in total. The summed E-state index contributed by atoms with van der Waals surface area (Å²) in [4.78, 5) is 16.4. The summed E-state index contributed by atoms with van der Waals surface area (Å²) < 4.78 is 19.6. The molecular formula is C22H19ClFN5O. The summed E-state index contributed by atoms with van der Waals surface area (Å²) in [7, 11) is 0. The first-order valence-electron chi connectivity index (χ1n) is 9.99. The normalized spacial score (nSPS) is 14.9. The van der Waals surface area contributed by atoms with Crippen LogP contribution in [0.2, 0.25) is 5.02 Å². The monoisotopic (exact) mass is 423 g/mol. The van der Waals surface area contributed by atoms with Crippen molar-refractivity contribution in [2.24, 2.45) is 0 Å². The molecule has 1 aliphatic carbocycles. The number of nitrogens with zero attached hydrogens (tertiary/aromatic N) is 4. The lowest BCUT2D eigenvalue weighted by Gasteiger charge is -2.17. The highest BCUT2D eigenvalue weighted by Gasteiger charge is 2.22. The molecule has 0 unspecified atom stereocenters. The van der Waals surface area contributed by atoms with Crippen LogP contribution >= 0.6 is 11.6 Å². The van der Waals surface area contributed by atoms with E-state index in [1.54, 1.807) is 24.5 Å². The van der Waals surface area contributed by atoms with Crippen molar-refractivity contribution in [3.63, 3.8) is 0 Å². The lowest BCUT2D eigenvalue weighted by atomic mass is 9.89. The molecule has 0 aliphatic heterocycles. The zero-order valence-electron chi connectivity index (χ0n) is 16.1. The van der Waals surface area contributed by atoms with Crippen LogP contribution in [0.15, 0.2) is 47.2 Å². The first-order chi connectivity index (χ1) is 14.7. The Morgan fingerprint density at radius 1 is 1.03 bits per heavy atom. The van der Waals surface area contributed by atoms with Gasteiger partial charge in [0.25, 0.3) is 0 Å². The fourth-order valence-electron chi connectivity index (χ4n) is 3.86. The number of halogens is 2. The molecule has 0 atom stereocenters. The second kappa shape index (κ2) is 7.99. The molecule has 1 aliphatic rings. The number of nitrogens with one attached hydrogen (secondary N) is 1. The van der Waals surface area contributed by atoms with Crippen molar-refractivity contribution in [3.05, 3.63) is 59.5 Å². The third-order valence-corrected chi connectivity index (χ3v) is 5.79. The van der Waals surface area contributed by atoms with Crippen molar-refractivity contribution in [2.75, 3.05) is 0 Å². The highest BCUT2D eigenvalue weighted by molar-refractivity contribution is 6.33. The second-order valence-corrected chi connectivity index (χ2v) is 7.87. The van der Waals surface area contributed by atoms with Gasteiger partial charge >= 0.3 is 0 Å². The largest absolute Gasteiger partial charge is 0.339 e. The van der Waals surface area contributed by atoms with Crippen LogP contribution < -0.4 is 0 Å². The lowest BCUT2D eigenvalue weighted by Crippen LogP contribution is -2.04. The van der Waals surface area contributed by atoms with Gasteiger partial charge in [0, 0.05) is 17.7 Å². The van der Waals surface area contributed by atoms with Crippen LogP contribution in [0.1, 0.15) is 43.9 Å². The number of aromatic amines is 1. The molecule has 1 N–H and O–H groups in total. The van der Waals surface area contributed by atoms with Crippen LogP contribution in [0.25, 0.3) is 34.2 Å². The van der Waals surface area contributed by atoms with E-state index in [0.717, 1.165) is 18.4 Å². The van der Waals surface area contributed by atoms with Crippen molar-refractivity contribution in [1.29, 1.82) is 0 Å². The van der Waals surface area contributed by atoms with Gasteiger partial charge in [-0.1, -0.05) is 42.1 Å². The highest BCUT2D eigenvalue weighted by atomic mass is 35.5. The van der Waals surface area contributed by atoms with E-state index in [4.69, 9.17) is 16.1 Å². The molecule has 0 radical (unpaired) electrons. The van der Waals surface area contributed by atoms with Gasteiger partial charge in [-0.25, -0.2) is 9.37 Å². The third-order valence-electron chi connectivity index (χ3n) is 5.48. The number of hydrogen-bond acceptors (Lipinski definition) is 5. The minimum absolute atomic E-state index is 0.247. The van der Waals surface area contributed by atoms with Gasteiger partial charge in [0.2, 0.25) is 11.7 Å². The number of hydrogen-bond donors (Lipinski definition) is 1. The van der Waals surface area contributed by atoms with E-state index in [0.29, 0.717) is 39.9 Å². The predicted octanol–water partition coefficient (Wildman–Crippen LogP) is 6.03. The van der Waals surface area contributed by atoms with Crippen molar-refractivity contribution < 1.29 is 8.91 Å². The molecule has 8 heteroatoms. The molecule has 1 aromatic carbocycles. The Bertz CT molecular complexity index is 1140. The minimum Gasteiger partial charge on any atom is -0.339 e. The number of rotatable bonds is 4. The van der Waals surface area contributed by atoms with Gasteiger partial charge in [-0.2, -0.15) is 4.98 Å². The number of imidazole rings is 1. The van der Waals surface area contributed by atoms with E-state index in [-0.39, 0.29) is 5.56 Å². The van der Waals surface area contributed by atoms with E-state index < -0.39 is 5.82 Å². The predicted molar refractivity (Wildman–Crippen MR) is 111 cm³/mol. The Kier molecular flexibility index (Phi) is 5.04. The standard InChI is InChI=1S/C22H19ClFN5O/c23-15-7-4-8-16(24)19(15)21-26-12-18(27-21)14-9-10-17(25-11-14)20-28-22(30-29-20)13-5-2-1-3-6-13/h4,7-13H,1-3,5-6H2,(H,26,27). The molecule has 5 rings (SSSR count). The average Bonchev–Trinajstić information content (AvgIpc) is 3.45. The number of aromatic nitrogens is 5. The quantitative estimate of drug-likeness (QED) is 0.433. The molecule has 0 saturated heterocycles. The summed E-state index contributed by atoms with van der Waals surface area (Å²) in [5.74, 6) is 1.49. The molecule has 3 aromatic heterocycles. The summed E-state index contributed by atoms with van der Waals surface area (Å²) in [5.41, 5.74) is 2.40. The Morgan fingerprint density at radius 3 is 2.67 bits per heavy atom. The average molecular weight is 424 g/mol. The Morgan fingerprint density at radius 2 is 1.90 bits per heavy atom. The van der Waals surface area contributed by atoms with E-state index >= 15 is 0 Å². The van der Waals surface area contributed by atoms with Crippen LogP contribution in [0.4, 0.5) is 4.39 Å². The smallest absolute Gasteiger partial charge is 0.230 e. The van der Waals surface area contributed by atoms with Gasteiger partial charge < -0.3 is 9.51 Å². The topological polar surface area (TPSA) is 80.5 Å². The number of benzene rings is 1. The Hall–Kier alpha value is -3.06. The molecular weight excluding hydrogens is 405 g/mol. The van der Waals surface area contributed by atoms with Crippen molar-refractivity contribution >= 4 is 11.6 Å². The van der Waals surface area contributed by atoms with E-state index in [2.05, 4.69) is 25.1 Å². The summed E-state index contributed by atoms with van der Waals surface area (Å²) >= 11 is 6.13. The minimum atomic E-state index is -0.428. The van der Waals surface area contributed by atoms with Gasteiger partial charge in [0.05, 0.1) is 22.5 Å². The van der Waals surface area contributed by atoms with E-state index in [9.17, 15) is 4.39 Å². The lowest BCUT2D eigenvalue weighted by molar-refractivity contribution is 0.314. The maximum atomic E-state index is 14.1. The number of H-pyrrole nitrogens is 1. The summed E-state index contributed by atoms with van der Waals surface area (Å²) in [6.45, 7) is 0. The Balaban J connectivity index is 1.37. The van der Waals surface area contributed by atoms with Gasteiger partial charge in [-0.3, -0.25) is 4.98 Å². The van der Waals surface area contributed by atoms with Gasteiger partial charge in [0.15, 0.2) is 0 Å². The van der Waals surface area contributed by atoms with Gasteiger partial charge in [0.1, 0.15) is 17.3 Å². The van der Waals surface area contributed by atoms with Crippen LogP contribution in [0.3, 0.4) is 0 Å². The summed E-state index contributed by atoms with van der Waals surface area (Å²) in [5, 5.41) is 4.40. The second-order valence-electron chi connectivity index (χ2n) is 7.47. The maximum absolute atomic E-state index is 14.1. The summed E-state index contributed by atoms with van der Waals surface area (Å²) in [6.07, 6.45) is 9.22. The van der Waals surface area contributed by atoms with Crippen molar-refractivity contribution in [3.8, 4) is 34.2 Å². The molecule has 1 fully saturated rings. The molecule has 30 heavy (non-hydrogen) atoms. The summed E-state index contributed by atoms with van der Waals surface area (Å²) in [6, 6.07) is 8.27. The third kappa shape index (κ3) is 3.61. The van der Waals surface area contributed by atoms with Gasteiger partial charge in [-0.15, -0.1) is 0 Å². The molecule has 152 valence electrons. The fourth-order valence-corrected chi connectivity index (χ4v) is 4.11. The zero-order valence-corrected chi connectivity index (χ0v) is 16.9. The molecule has 4 aromatic rings. The van der Waals surface area contributed by atoms with E-state index in [1.807, 2.05) is 12.1 Å². The molecule has 0 spiro atoms.